The molecule has 1 saturated heterocycles. The van der Waals surface area contributed by atoms with Gasteiger partial charge < -0.3 is 9.47 Å². The SMILES string of the molecule is C=CC1CCC(c2ccc(-c3ccc(-c4ccc(OCC)c(F)c4F)cc3)c(F)c2)OC1. The van der Waals surface area contributed by atoms with Crippen LogP contribution in [0.15, 0.2) is 67.3 Å². The van der Waals surface area contributed by atoms with Crippen molar-refractivity contribution in [3.8, 4) is 28.0 Å². The molecule has 0 radical (unpaired) electrons. The summed E-state index contributed by atoms with van der Waals surface area (Å²) in [6.45, 7) is 6.35. The minimum atomic E-state index is -1.01. The van der Waals surface area contributed by atoms with Gasteiger partial charge in [0.05, 0.1) is 19.3 Å². The van der Waals surface area contributed by atoms with Crippen LogP contribution in [0.1, 0.15) is 31.4 Å². The Morgan fingerprint density at radius 3 is 2.22 bits per heavy atom. The summed E-state index contributed by atoms with van der Waals surface area (Å²) in [6, 6.07) is 14.7. The van der Waals surface area contributed by atoms with Gasteiger partial charge in [0.25, 0.3) is 0 Å². The van der Waals surface area contributed by atoms with Crippen LogP contribution in [0.4, 0.5) is 13.2 Å². The fraction of sp³-hybridized carbons (Fsp3) is 0.259. The maximum Gasteiger partial charge on any atom is 0.201 e. The van der Waals surface area contributed by atoms with Crippen molar-refractivity contribution >= 4 is 0 Å². The summed E-state index contributed by atoms with van der Waals surface area (Å²) in [5.41, 5.74) is 2.54. The molecule has 1 aliphatic heterocycles. The predicted molar refractivity (Wildman–Crippen MR) is 120 cm³/mol. The maximum absolute atomic E-state index is 14.9. The molecule has 4 rings (SSSR count). The molecule has 2 atom stereocenters. The van der Waals surface area contributed by atoms with Crippen molar-refractivity contribution < 1.29 is 22.6 Å². The summed E-state index contributed by atoms with van der Waals surface area (Å²) in [6.07, 6.45) is 3.59. The van der Waals surface area contributed by atoms with E-state index in [2.05, 4.69) is 6.58 Å². The summed E-state index contributed by atoms with van der Waals surface area (Å²) >= 11 is 0. The van der Waals surface area contributed by atoms with E-state index in [9.17, 15) is 13.2 Å². The first kappa shape index (κ1) is 22.2. The van der Waals surface area contributed by atoms with Gasteiger partial charge in [0.15, 0.2) is 11.6 Å². The average Bonchev–Trinajstić information content (AvgIpc) is 2.82. The van der Waals surface area contributed by atoms with Gasteiger partial charge in [-0.2, -0.15) is 4.39 Å². The van der Waals surface area contributed by atoms with Gasteiger partial charge in [-0.15, -0.1) is 6.58 Å². The van der Waals surface area contributed by atoms with E-state index in [4.69, 9.17) is 9.47 Å². The molecule has 166 valence electrons. The Morgan fingerprint density at radius 1 is 0.938 bits per heavy atom. The molecule has 0 amide bonds. The smallest absolute Gasteiger partial charge is 0.201 e. The largest absolute Gasteiger partial charge is 0.491 e. The molecule has 0 N–H and O–H groups in total. The second-order valence-corrected chi connectivity index (χ2v) is 7.88. The average molecular weight is 438 g/mol. The van der Waals surface area contributed by atoms with Gasteiger partial charge in [-0.05, 0) is 54.7 Å². The number of rotatable bonds is 6. The number of ether oxygens (including phenoxy) is 2. The topological polar surface area (TPSA) is 18.5 Å². The van der Waals surface area contributed by atoms with Gasteiger partial charge in [-0.1, -0.05) is 42.5 Å². The van der Waals surface area contributed by atoms with E-state index >= 15 is 0 Å². The van der Waals surface area contributed by atoms with Crippen molar-refractivity contribution in [1.82, 2.24) is 0 Å². The molecule has 0 spiro atoms. The van der Waals surface area contributed by atoms with Crippen LogP contribution in [0.2, 0.25) is 0 Å². The van der Waals surface area contributed by atoms with Crippen LogP contribution in [0.25, 0.3) is 22.3 Å². The van der Waals surface area contributed by atoms with E-state index in [1.54, 1.807) is 37.3 Å². The lowest BCUT2D eigenvalue weighted by Crippen LogP contribution is -2.19. The van der Waals surface area contributed by atoms with Crippen molar-refractivity contribution in [2.75, 3.05) is 13.2 Å². The van der Waals surface area contributed by atoms with E-state index in [0.29, 0.717) is 29.2 Å². The normalized spacial score (nSPS) is 18.4. The highest BCUT2D eigenvalue weighted by molar-refractivity contribution is 5.71. The van der Waals surface area contributed by atoms with Gasteiger partial charge >= 0.3 is 0 Å². The second kappa shape index (κ2) is 9.61. The number of hydrogen-bond acceptors (Lipinski definition) is 2. The monoisotopic (exact) mass is 438 g/mol. The highest BCUT2D eigenvalue weighted by atomic mass is 19.2. The van der Waals surface area contributed by atoms with Gasteiger partial charge in [0.1, 0.15) is 5.82 Å². The molecular weight excluding hydrogens is 413 g/mol. The van der Waals surface area contributed by atoms with Crippen LogP contribution >= 0.6 is 0 Å². The summed E-state index contributed by atoms with van der Waals surface area (Å²) in [4.78, 5) is 0. The van der Waals surface area contributed by atoms with Gasteiger partial charge in [0.2, 0.25) is 5.82 Å². The van der Waals surface area contributed by atoms with E-state index in [1.807, 2.05) is 12.1 Å². The number of benzene rings is 3. The Balaban J connectivity index is 1.55. The fourth-order valence-electron chi connectivity index (χ4n) is 4.04. The molecule has 1 aliphatic rings. The van der Waals surface area contributed by atoms with Crippen LogP contribution < -0.4 is 4.74 Å². The Bertz CT molecular complexity index is 1100. The van der Waals surface area contributed by atoms with Crippen molar-refractivity contribution in [1.29, 1.82) is 0 Å². The van der Waals surface area contributed by atoms with Crippen molar-refractivity contribution in [3.63, 3.8) is 0 Å². The fourth-order valence-corrected chi connectivity index (χ4v) is 4.04. The van der Waals surface area contributed by atoms with Crippen LogP contribution in [0.5, 0.6) is 5.75 Å². The lowest BCUT2D eigenvalue weighted by Gasteiger charge is -2.27. The van der Waals surface area contributed by atoms with E-state index < -0.39 is 11.6 Å². The van der Waals surface area contributed by atoms with Crippen molar-refractivity contribution in [3.05, 3.63) is 90.3 Å². The summed E-state index contributed by atoms with van der Waals surface area (Å²) in [5, 5.41) is 0. The molecule has 1 fully saturated rings. The first-order valence-corrected chi connectivity index (χ1v) is 10.8. The first-order valence-electron chi connectivity index (χ1n) is 10.8. The van der Waals surface area contributed by atoms with Crippen molar-refractivity contribution in [2.45, 2.75) is 25.9 Å². The van der Waals surface area contributed by atoms with Crippen molar-refractivity contribution in [2.24, 2.45) is 5.92 Å². The highest BCUT2D eigenvalue weighted by Gasteiger charge is 2.22. The van der Waals surface area contributed by atoms with Gasteiger partial charge in [-0.3, -0.25) is 0 Å². The quantitative estimate of drug-likeness (QED) is 0.371. The summed E-state index contributed by atoms with van der Waals surface area (Å²) < 4.78 is 54.5. The molecule has 1 heterocycles. The lowest BCUT2D eigenvalue weighted by atomic mass is 9.93. The van der Waals surface area contributed by atoms with Crippen LogP contribution in [0.3, 0.4) is 0 Å². The third kappa shape index (κ3) is 4.44. The standard InChI is InChI=1S/C27H25F3O2/c1-3-17-5-13-24(32-16-17)20-10-11-21(23(28)15-20)18-6-8-19(9-7-18)22-12-14-25(31-4-2)27(30)26(22)29/h3,6-12,14-15,17,24H,1,4-5,13,16H2,2H3. The van der Waals surface area contributed by atoms with Gasteiger partial charge in [-0.25, -0.2) is 8.78 Å². The van der Waals surface area contributed by atoms with E-state index in [1.165, 1.54) is 18.2 Å². The zero-order valence-electron chi connectivity index (χ0n) is 17.9. The molecule has 32 heavy (non-hydrogen) atoms. The second-order valence-electron chi connectivity index (χ2n) is 7.88. The zero-order chi connectivity index (χ0) is 22.7. The molecule has 3 aromatic carbocycles. The molecule has 5 heteroatoms. The summed E-state index contributed by atoms with van der Waals surface area (Å²) in [7, 11) is 0. The summed E-state index contributed by atoms with van der Waals surface area (Å²) in [5.74, 6) is -2.09. The minimum Gasteiger partial charge on any atom is -0.491 e. The van der Waals surface area contributed by atoms with Crippen LogP contribution in [-0.4, -0.2) is 13.2 Å². The predicted octanol–water partition coefficient (Wildman–Crippen LogP) is 7.49. The molecule has 2 unspecified atom stereocenters. The Morgan fingerprint density at radius 2 is 1.62 bits per heavy atom. The van der Waals surface area contributed by atoms with E-state index in [0.717, 1.165) is 18.4 Å². The molecule has 0 aliphatic carbocycles. The third-order valence-electron chi connectivity index (χ3n) is 5.86. The van der Waals surface area contributed by atoms with E-state index in [-0.39, 0.29) is 29.8 Å². The Labute approximate surface area is 186 Å². The molecule has 0 bridgehead atoms. The minimum absolute atomic E-state index is 0.116. The molecule has 0 aromatic heterocycles. The number of hydrogen-bond donors (Lipinski definition) is 0. The lowest BCUT2D eigenvalue weighted by molar-refractivity contribution is -0.00528. The van der Waals surface area contributed by atoms with Crippen LogP contribution in [-0.2, 0) is 4.74 Å². The number of halogens is 3. The third-order valence-corrected chi connectivity index (χ3v) is 5.86. The highest BCUT2D eigenvalue weighted by Crippen LogP contribution is 2.35. The first-order chi connectivity index (χ1) is 15.5. The zero-order valence-corrected chi connectivity index (χ0v) is 17.9. The Kier molecular flexibility index (Phi) is 6.66. The Hall–Kier alpha value is -3.05. The molecule has 0 saturated carbocycles. The molecule has 3 aromatic rings. The maximum atomic E-state index is 14.9. The molecule has 2 nitrogen and oxygen atoms in total. The van der Waals surface area contributed by atoms with Crippen LogP contribution in [0, 0.1) is 23.4 Å². The van der Waals surface area contributed by atoms with Gasteiger partial charge in [0, 0.05) is 17.0 Å². The molecular formula is C27H25F3O2.